The number of nitrogens with one attached hydrogen (secondary N) is 1. The van der Waals surface area contributed by atoms with Crippen LogP contribution in [0.25, 0.3) is 22.8 Å². The van der Waals surface area contributed by atoms with E-state index in [0.717, 1.165) is 16.9 Å². The highest BCUT2D eigenvalue weighted by atomic mass is 16.5. The lowest BCUT2D eigenvalue weighted by Crippen LogP contribution is -2.20. The van der Waals surface area contributed by atoms with Gasteiger partial charge in [0, 0.05) is 11.3 Å². The van der Waals surface area contributed by atoms with Crippen LogP contribution in [0.5, 0.6) is 11.5 Å². The Bertz CT molecular complexity index is 1200. The largest absolute Gasteiger partial charge is 0.494 e. The topological polar surface area (TPSA) is 86.5 Å². The fourth-order valence-corrected chi connectivity index (χ4v) is 3.18. The Hall–Kier alpha value is -4.13. The highest BCUT2D eigenvalue weighted by Gasteiger charge is 2.16. The fourth-order valence-electron chi connectivity index (χ4n) is 3.18. The fraction of sp³-hybridized carbons (Fsp3) is 0.160. The Labute approximate surface area is 186 Å². The zero-order valence-electron chi connectivity index (χ0n) is 17.9. The molecule has 0 saturated carbocycles. The number of amides is 1. The number of aryl methyl sites for hydroxylation is 1. The molecule has 4 aromatic rings. The molecule has 1 aromatic heterocycles. The van der Waals surface area contributed by atoms with Crippen molar-refractivity contribution in [3.05, 3.63) is 78.4 Å². The van der Waals surface area contributed by atoms with Gasteiger partial charge in [0.15, 0.2) is 6.61 Å². The molecule has 0 unspecified atom stereocenters. The molecule has 3 aromatic carbocycles. The minimum absolute atomic E-state index is 0.164. The number of rotatable bonds is 8. The first-order valence-corrected chi connectivity index (χ1v) is 10.3. The molecule has 0 spiro atoms. The summed E-state index contributed by atoms with van der Waals surface area (Å²) >= 11 is 0. The first-order valence-electron chi connectivity index (χ1n) is 10.3. The summed E-state index contributed by atoms with van der Waals surface area (Å²) in [5.41, 5.74) is 3.23. The minimum Gasteiger partial charge on any atom is -0.494 e. The van der Waals surface area contributed by atoms with Crippen molar-refractivity contribution in [1.29, 1.82) is 0 Å². The standard InChI is InChI=1S/C25H23N3O4/c1-3-30-19-14-12-18(13-15-19)26-23(29)16-31-22-11-7-6-10-21(22)25-27-24(28-32-25)20-9-5-4-8-17(20)2/h4-15H,3,16H2,1-2H3,(H,26,29). The molecule has 0 aliphatic rings. The third kappa shape index (κ3) is 4.95. The lowest BCUT2D eigenvalue weighted by Gasteiger charge is -2.10. The molecule has 0 atom stereocenters. The van der Waals surface area contributed by atoms with Crippen molar-refractivity contribution in [2.75, 3.05) is 18.5 Å². The van der Waals surface area contributed by atoms with Gasteiger partial charge in [0.2, 0.25) is 5.82 Å². The summed E-state index contributed by atoms with van der Waals surface area (Å²) in [5.74, 6) is 1.77. The molecule has 0 saturated heterocycles. The predicted octanol–water partition coefficient (Wildman–Crippen LogP) is 5.13. The Morgan fingerprint density at radius 3 is 2.41 bits per heavy atom. The quantitative estimate of drug-likeness (QED) is 0.418. The molecule has 162 valence electrons. The van der Waals surface area contributed by atoms with E-state index in [2.05, 4.69) is 15.5 Å². The van der Waals surface area contributed by atoms with E-state index in [1.807, 2.05) is 56.3 Å². The molecule has 32 heavy (non-hydrogen) atoms. The van der Waals surface area contributed by atoms with Crippen molar-refractivity contribution in [3.63, 3.8) is 0 Å². The average Bonchev–Trinajstić information content (AvgIpc) is 3.29. The molecule has 0 aliphatic carbocycles. The van der Waals surface area contributed by atoms with Crippen molar-refractivity contribution in [1.82, 2.24) is 10.1 Å². The molecule has 7 heteroatoms. The summed E-state index contributed by atoms with van der Waals surface area (Å²) in [7, 11) is 0. The van der Waals surface area contributed by atoms with Crippen molar-refractivity contribution >= 4 is 11.6 Å². The summed E-state index contributed by atoms with van der Waals surface area (Å²) in [6.07, 6.45) is 0. The average molecular weight is 429 g/mol. The first kappa shape index (κ1) is 21.1. The van der Waals surface area contributed by atoms with Crippen LogP contribution in [0, 0.1) is 6.92 Å². The molecule has 7 nitrogen and oxygen atoms in total. The van der Waals surface area contributed by atoms with Gasteiger partial charge >= 0.3 is 0 Å². The molecule has 0 fully saturated rings. The summed E-state index contributed by atoms with van der Waals surface area (Å²) in [6.45, 7) is 4.34. The van der Waals surface area contributed by atoms with Crippen LogP contribution in [-0.4, -0.2) is 29.3 Å². The first-order chi connectivity index (χ1) is 15.6. The van der Waals surface area contributed by atoms with E-state index in [1.54, 1.807) is 30.3 Å². The third-order valence-corrected chi connectivity index (χ3v) is 4.74. The van der Waals surface area contributed by atoms with E-state index in [1.165, 1.54) is 0 Å². The second kappa shape index (κ2) is 9.78. The van der Waals surface area contributed by atoms with E-state index in [-0.39, 0.29) is 12.5 Å². The maximum absolute atomic E-state index is 12.4. The number of ether oxygens (including phenoxy) is 2. The zero-order valence-corrected chi connectivity index (χ0v) is 17.9. The van der Waals surface area contributed by atoms with E-state index in [9.17, 15) is 4.79 Å². The Morgan fingerprint density at radius 2 is 1.66 bits per heavy atom. The zero-order chi connectivity index (χ0) is 22.3. The highest BCUT2D eigenvalue weighted by molar-refractivity contribution is 5.92. The number of anilines is 1. The van der Waals surface area contributed by atoms with E-state index < -0.39 is 0 Å². The monoisotopic (exact) mass is 429 g/mol. The molecule has 0 bridgehead atoms. The maximum Gasteiger partial charge on any atom is 0.262 e. The number of benzene rings is 3. The van der Waals surface area contributed by atoms with Crippen LogP contribution < -0.4 is 14.8 Å². The van der Waals surface area contributed by atoms with Gasteiger partial charge in [-0.15, -0.1) is 0 Å². The summed E-state index contributed by atoms with van der Waals surface area (Å²) in [6, 6.07) is 22.2. The molecule has 1 N–H and O–H groups in total. The van der Waals surface area contributed by atoms with Gasteiger partial charge in [-0.3, -0.25) is 4.79 Å². The van der Waals surface area contributed by atoms with Crippen molar-refractivity contribution in [3.8, 4) is 34.3 Å². The van der Waals surface area contributed by atoms with Crippen LogP contribution >= 0.6 is 0 Å². The number of hydrogen-bond donors (Lipinski definition) is 1. The van der Waals surface area contributed by atoms with Gasteiger partial charge in [0.05, 0.1) is 12.2 Å². The van der Waals surface area contributed by atoms with Gasteiger partial charge in [-0.25, -0.2) is 0 Å². The summed E-state index contributed by atoms with van der Waals surface area (Å²) in [5, 5.41) is 6.91. The van der Waals surface area contributed by atoms with Crippen LogP contribution in [0.15, 0.2) is 77.3 Å². The normalized spacial score (nSPS) is 10.6. The number of carbonyl (C=O) groups excluding carboxylic acids is 1. The lowest BCUT2D eigenvalue weighted by molar-refractivity contribution is -0.118. The third-order valence-electron chi connectivity index (χ3n) is 4.74. The Balaban J connectivity index is 1.44. The van der Waals surface area contributed by atoms with Crippen LogP contribution in [0.2, 0.25) is 0 Å². The number of nitrogens with zero attached hydrogens (tertiary/aromatic N) is 2. The van der Waals surface area contributed by atoms with Gasteiger partial charge in [-0.2, -0.15) is 4.98 Å². The number of hydrogen-bond acceptors (Lipinski definition) is 6. The van der Waals surface area contributed by atoms with Crippen molar-refractivity contribution < 1.29 is 18.8 Å². The van der Waals surface area contributed by atoms with Crippen LogP contribution in [-0.2, 0) is 4.79 Å². The molecular weight excluding hydrogens is 406 g/mol. The minimum atomic E-state index is -0.282. The predicted molar refractivity (Wildman–Crippen MR) is 122 cm³/mol. The summed E-state index contributed by atoms with van der Waals surface area (Å²) in [4.78, 5) is 16.9. The second-order valence-corrected chi connectivity index (χ2v) is 7.03. The highest BCUT2D eigenvalue weighted by Crippen LogP contribution is 2.30. The van der Waals surface area contributed by atoms with Crippen LogP contribution in [0.4, 0.5) is 5.69 Å². The van der Waals surface area contributed by atoms with Gasteiger partial charge in [0.1, 0.15) is 11.5 Å². The van der Waals surface area contributed by atoms with E-state index in [0.29, 0.717) is 35.3 Å². The molecule has 4 rings (SSSR count). The smallest absolute Gasteiger partial charge is 0.262 e. The maximum atomic E-state index is 12.4. The SMILES string of the molecule is CCOc1ccc(NC(=O)COc2ccccc2-c2nc(-c3ccccc3C)no2)cc1. The number of aromatic nitrogens is 2. The van der Waals surface area contributed by atoms with E-state index in [4.69, 9.17) is 14.0 Å². The second-order valence-electron chi connectivity index (χ2n) is 7.03. The molecular formula is C25H23N3O4. The van der Waals surface area contributed by atoms with Gasteiger partial charge in [0.25, 0.3) is 11.8 Å². The van der Waals surface area contributed by atoms with E-state index >= 15 is 0 Å². The van der Waals surface area contributed by atoms with Crippen LogP contribution in [0.1, 0.15) is 12.5 Å². The van der Waals surface area contributed by atoms with Crippen molar-refractivity contribution in [2.45, 2.75) is 13.8 Å². The Morgan fingerprint density at radius 1 is 0.938 bits per heavy atom. The lowest BCUT2D eigenvalue weighted by atomic mass is 10.1. The molecule has 0 radical (unpaired) electrons. The number of carbonyl (C=O) groups is 1. The number of para-hydroxylation sites is 1. The molecule has 1 amide bonds. The van der Waals surface area contributed by atoms with Crippen molar-refractivity contribution in [2.24, 2.45) is 0 Å². The van der Waals surface area contributed by atoms with Gasteiger partial charge in [-0.05, 0) is 55.8 Å². The van der Waals surface area contributed by atoms with Gasteiger partial charge < -0.3 is 19.3 Å². The molecule has 0 aliphatic heterocycles. The Kier molecular flexibility index (Phi) is 6.46. The molecule has 1 heterocycles. The van der Waals surface area contributed by atoms with Gasteiger partial charge in [-0.1, -0.05) is 41.6 Å². The van der Waals surface area contributed by atoms with Crippen LogP contribution in [0.3, 0.4) is 0 Å². The summed E-state index contributed by atoms with van der Waals surface area (Å²) < 4.78 is 16.6.